The fourth-order valence-corrected chi connectivity index (χ4v) is 2.24. The Bertz CT molecular complexity index is 360. The van der Waals surface area contributed by atoms with Crippen molar-refractivity contribution in [3.05, 3.63) is 16.1 Å². The van der Waals surface area contributed by atoms with Gasteiger partial charge >= 0.3 is 0 Å². The Hall–Kier alpha value is -1.10. The fourth-order valence-electron chi connectivity index (χ4n) is 1.46. The topological polar surface area (TPSA) is 49.3 Å². The molecule has 1 aromatic rings. The first kappa shape index (κ1) is 15.0. The fraction of sp³-hybridized carbons (Fsp3) is 0.692. The molecule has 1 aromatic heterocycles. The van der Waals surface area contributed by atoms with Crippen molar-refractivity contribution in [1.82, 2.24) is 15.6 Å². The van der Waals surface area contributed by atoms with Crippen LogP contribution in [0, 0.1) is 0 Å². The molecule has 0 unspecified atom stereocenters. The maximum Gasteiger partial charge on any atom is 0.191 e. The zero-order valence-corrected chi connectivity index (χ0v) is 12.4. The van der Waals surface area contributed by atoms with E-state index in [4.69, 9.17) is 0 Å². The molecule has 0 aromatic carbocycles. The summed E-state index contributed by atoms with van der Waals surface area (Å²) in [5.41, 5.74) is 0. The molecule has 0 saturated heterocycles. The van der Waals surface area contributed by atoms with E-state index in [2.05, 4.69) is 41.4 Å². The molecule has 0 aliphatic rings. The predicted octanol–water partition coefficient (Wildman–Crippen LogP) is 2.56. The van der Waals surface area contributed by atoms with Crippen LogP contribution in [0.4, 0.5) is 0 Å². The largest absolute Gasteiger partial charge is 0.357 e. The van der Waals surface area contributed by atoms with E-state index in [1.165, 1.54) is 17.7 Å². The van der Waals surface area contributed by atoms with Gasteiger partial charge in [0.1, 0.15) is 5.01 Å². The van der Waals surface area contributed by atoms with Gasteiger partial charge in [0.15, 0.2) is 5.96 Å². The van der Waals surface area contributed by atoms with Gasteiger partial charge in [-0.2, -0.15) is 0 Å². The van der Waals surface area contributed by atoms with Crippen molar-refractivity contribution in [2.75, 3.05) is 13.1 Å². The minimum Gasteiger partial charge on any atom is -0.357 e. The predicted molar refractivity (Wildman–Crippen MR) is 79.2 cm³/mol. The maximum atomic E-state index is 4.55. The minimum absolute atomic E-state index is 0.659. The Labute approximate surface area is 114 Å². The Morgan fingerprint density at radius 1 is 1.33 bits per heavy atom. The first-order valence-corrected chi connectivity index (χ1v) is 7.57. The van der Waals surface area contributed by atoms with Crippen LogP contribution in [0.15, 0.2) is 11.2 Å². The van der Waals surface area contributed by atoms with Gasteiger partial charge < -0.3 is 10.6 Å². The second-order valence-corrected chi connectivity index (χ2v) is 5.25. The molecule has 0 bridgehead atoms. The van der Waals surface area contributed by atoms with Gasteiger partial charge in [0, 0.05) is 24.2 Å². The standard InChI is InChI=1S/C13H24N4S/c1-4-7-8-15-13(14-6-3)17-10-12-16-9-11(5-2)18-12/h9H,4-8,10H2,1-3H3,(H2,14,15,17). The number of hydrogen-bond donors (Lipinski definition) is 2. The van der Waals surface area contributed by atoms with Crippen LogP contribution in [-0.4, -0.2) is 24.0 Å². The first-order valence-electron chi connectivity index (χ1n) is 6.75. The van der Waals surface area contributed by atoms with E-state index in [1.807, 2.05) is 6.20 Å². The summed E-state index contributed by atoms with van der Waals surface area (Å²) in [7, 11) is 0. The third kappa shape index (κ3) is 5.49. The van der Waals surface area contributed by atoms with Crippen molar-refractivity contribution in [3.63, 3.8) is 0 Å². The van der Waals surface area contributed by atoms with E-state index in [1.54, 1.807) is 11.3 Å². The molecule has 0 saturated carbocycles. The maximum absolute atomic E-state index is 4.55. The Morgan fingerprint density at radius 3 is 2.78 bits per heavy atom. The summed E-state index contributed by atoms with van der Waals surface area (Å²) < 4.78 is 0. The molecular weight excluding hydrogens is 244 g/mol. The second-order valence-electron chi connectivity index (χ2n) is 4.05. The molecule has 4 nitrogen and oxygen atoms in total. The van der Waals surface area contributed by atoms with Crippen LogP contribution in [-0.2, 0) is 13.0 Å². The molecule has 0 amide bonds. The number of guanidine groups is 1. The Morgan fingerprint density at radius 2 is 2.17 bits per heavy atom. The van der Waals surface area contributed by atoms with Crippen molar-refractivity contribution >= 4 is 17.3 Å². The summed E-state index contributed by atoms with van der Waals surface area (Å²) in [6, 6.07) is 0. The average molecular weight is 268 g/mol. The lowest BCUT2D eigenvalue weighted by Crippen LogP contribution is -2.37. The Kier molecular flexibility index (Phi) is 7.41. The van der Waals surface area contributed by atoms with Crippen LogP contribution in [0.5, 0.6) is 0 Å². The SMILES string of the molecule is CCCCNC(=NCc1ncc(CC)s1)NCC. The molecule has 0 aliphatic heterocycles. The summed E-state index contributed by atoms with van der Waals surface area (Å²) in [5, 5.41) is 7.66. The summed E-state index contributed by atoms with van der Waals surface area (Å²) in [5.74, 6) is 0.888. The van der Waals surface area contributed by atoms with Crippen LogP contribution in [0.25, 0.3) is 0 Å². The smallest absolute Gasteiger partial charge is 0.191 e. The monoisotopic (exact) mass is 268 g/mol. The van der Waals surface area contributed by atoms with E-state index in [0.29, 0.717) is 6.54 Å². The quantitative estimate of drug-likeness (QED) is 0.454. The van der Waals surface area contributed by atoms with E-state index < -0.39 is 0 Å². The molecule has 0 atom stereocenters. The zero-order valence-electron chi connectivity index (χ0n) is 11.6. The van der Waals surface area contributed by atoms with Crippen molar-refractivity contribution in [2.24, 2.45) is 4.99 Å². The highest BCUT2D eigenvalue weighted by Gasteiger charge is 2.01. The lowest BCUT2D eigenvalue weighted by molar-refractivity contribution is 0.730. The van der Waals surface area contributed by atoms with Gasteiger partial charge in [-0.1, -0.05) is 20.3 Å². The van der Waals surface area contributed by atoms with Crippen LogP contribution in [0.1, 0.15) is 43.5 Å². The van der Waals surface area contributed by atoms with Gasteiger partial charge in [0.05, 0.1) is 6.54 Å². The number of unbranched alkanes of at least 4 members (excludes halogenated alkanes) is 1. The van der Waals surface area contributed by atoms with Crippen LogP contribution < -0.4 is 10.6 Å². The number of rotatable bonds is 7. The minimum atomic E-state index is 0.659. The summed E-state index contributed by atoms with van der Waals surface area (Å²) in [6.07, 6.45) is 5.36. The van der Waals surface area contributed by atoms with Crippen molar-refractivity contribution in [3.8, 4) is 0 Å². The molecule has 2 N–H and O–H groups in total. The van der Waals surface area contributed by atoms with Gasteiger partial charge in [0.2, 0.25) is 0 Å². The van der Waals surface area contributed by atoms with Gasteiger partial charge in [-0.25, -0.2) is 9.98 Å². The number of aromatic nitrogens is 1. The molecule has 0 aliphatic carbocycles. The highest BCUT2D eigenvalue weighted by molar-refractivity contribution is 7.11. The number of hydrogen-bond acceptors (Lipinski definition) is 3. The molecule has 102 valence electrons. The molecule has 5 heteroatoms. The number of nitrogens with zero attached hydrogens (tertiary/aromatic N) is 2. The van der Waals surface area contributed by atoms with Crippen LogP contribution >= 0.6 is 11.3 Å². The molecule has 18 heavy (non-hydrogen) atoms. The molecule has 0 fully saturated rings. The second kappa shape index (κ2) is 8.91. The summed E-state index contributed by atoms with van der Waals surface area (Å²) >= 11 is 1.75. The molecule has 1 heterocycles. The van der Waals surface area contributed by atoms with E-state index in [9.17, 15) is 0 Å². The number of aliphatic imine (C=N–C) groups is 1. The van der Waals surface area contributed by atoms with E-state index in [0.717, 1.165) is 30.5 Å². The van der Waals surface area contributed by atoms with Gasteiger partial charge in [0.25, 0.3) is 0 Å². The number of aryl methyl sites for hydroxylation is 1. The average Bonchev–Trinajstić information content (AvgIpc) is 2.84. The molecule has 1 rings (SSSR count). The highest BCUT2D eigenvalue weighted by Crippen LogP contribution is 2.13. The molecule has 0 spiro atoms. The van der Waals surface area contributed by atoms with E-state index >= 15 is 0 Å². The third-order valence-corrected chi connectivity index (χ3v) is 3.62. The van der Waals surface area contributed by atoms with Crippen molar-refractivity contribution < 1.29 is 0 Å². The third-order valence-electron chi connectivity index (χ3n) is 2.49. The Balaban J connectivity index is 2.47. The van der Waals surface area contributed by atoms with Crippen molar-refractivity contribution in [2.45, 2.75) is 46.6 Å². The van der Waals surface area contributed by atoms with Gasteiger partial charge in [-0.15, -0.1) is 11.3 Å². The van der Waals surface area contributed by atoms with Crippen molar-refractivity contribution in [1.29, 1.82) is 0 Å². The molecular formula is C13H24N4S. The summed E-state index contributed by atoms with van der Waals surface area (Å²) in [6.45, 7) is 8.93. The van der Waals surface area contributed by atoms with Crippen LogP contribution in [0.2, 0.25) is 0 Å². The zero-order chi connectivity index (χ0) is 13.2. The number of thiazole rings is 1. The highest BCUT2D eigenvalue weighted by atomic mass is 32.1. The molecule has 0 radical (unpaired) electrons. The first-order chi connectivity index (χ1) is 8.80. The summed E-state index contributed by atoms with van der Waals surface area (Å²) in [4.78, 5) is 10.2. The normalized spacial score (nSPS) is 11.6. The lowest BCUT2D eigenvalue weighted by Gasteiger charge is -2.10. The van der Waals surface area contributed by atoms with Gasteiger partial charge in [-0.05, 0) is 19.8 Å². The van der Waals surface area contributed by atoms with E-state index in [-0.39, 0.29) is 0 Å². The lowest BCUT2D eigenvalue weighted by atomic mass is 10.3. The van der Waals surface area contributed by atoms with Gasteiger partial charge in [-0.3, -0.25) is 0 Å². The number of nitrogens with one attached hydrogen (secondary N) is 2. The van der Waals surface area contributed by atoms with Crippen LogP contribution in [0.3, 0.4) is 0 Å².